The Balaban J connectivity index is 0.000000408. The van der Waals surface area contributed by atoms with E-state index in [1.54, 1.807) is 0 Å². The maximum Gasteiger partial charge on any atom is 0.290 e. The molecule has 0 saturated heterocycles. The van der Waals surface area contributed by atoms with Gasteiger partial charge in [-0.2, -0.15) is 0 Å². The van der Waals surface area contributed by atoms with Gasteiger partial charge < -0.3 is 5.11 Å². The average molecular weight is 250 g/mol. The van der Waals surface area contributed by atoms with Crippen LogP contribution in [0, 0.1) is 0 Å². The Morgan fingerprint density at radius 1 is 0.895 bits per heavy atom. The molecule has 0 saturated carbocycles. The molecule has 19 heavy (non-hydrogen) atoms. The van der Waals surface area contributed by atoms with Crippen molar-refractivity contribution in [1.82, 2.24) is 0 Å². The van der Waals surface area contributed by atoms with E-state index in [0.29, 0.717) is 0 Å². The number of rotatable bonds is 1. The fourth-order valence-corrected chi connectivity index (χ4v) is 2.27. The zero-order valence-corrected chi connectivity index (χ0v) is 10.4. The number of fused-ring (bicyclic) bond motifs is 2. The molecule has 1 N–H and O–H groups in total. The van der Waals surface area contributed by atoms with Crippen LogP contribution >= 0.6 is 0 Å². The van der Waals surface area contributed by atoms with E-state index in [1.807, 2.05) is 6.08 Å². The third-order valence-corrected chi connectivity index (χ3v) is 3.02. The first-order valence-electron chi connectivity index (χ1n) is 5.92. The lowest BCUT2D eigenvalue weighted by molar-refractivity contribution is -0.122. The van der Waals surface area contributed by atoms with Gasteiger partial charge in [-0.05, 0) is 33.2 Å². The molecule has 0 spiro atoms. The van der Waals surface area contributed by atoms with Crippen molar-refractivity contribution in [3.63, 3.8) is 0 Å². The van der Waals surface area contributed by atoms with Crippen LogP contribution in [-0.4, -0.2) is 11.6 Å². The maximum atomic E-state index is 8.36. The molecule has 0 aliphatic rings. The first kappa shape index (κ1) is 12.8. The van der Waals surface area contributed by atoms with E-state index in [-0.39, 0.29) is 6.47 Å². The standard InChI is InChI=1S/C16H12.CH2O2/c1-2-14-15-9-5-3-7-12(15)11-13-8-4-6-10-16(13)14;2-1-3/h2-11H,1H2;1H,(H,2,3). The lowest BCUT2D eigenvalue weighted by Crippen LogP contribution is -1.82. The van der Waals surface area contributed by atoms with Crippen LogP contribution in [0.3, 0.4) is 0 Å². The summed E-state index contributed by atoms with van der Waals surface area (Å²) in [6.07, 6.45) is 1.95. The Hall–Kier alpha value is -2.61. The molecule has 0 fully saturated rings. The van der Waals surface area contributed by atoms with Crippen LogP contribution in [-0.2, 0) is 4.79 Å². The van der Waals surface area contributed by atoms with Crippen LogP contribution in [0.4, 0.5) is 0 Å². The molecule has 2 heteroatoms. The van der Waals surface area contributed by atoms with Gasteiger partial charge in [-0.1, -0.05) is 61.2 Å². The van der Waals surface area contributed by atoms with Gasteiger partial charge in [0.1, 0.15) is 0 Å². The van der Waals surface area contributed by atoms with E-state index in [1.165, 1.54) is 27.1 Å². The molecule has 2 nitrogen and oxygen atoms in total. The predicted molar refractivity (Wildman–Crippen MR) is 80.2 cm³/mol. The largest absolute Gasteiger partial charge is 0.483 e. The summed E-state index contributed by atoms with van der Waals surface area (Å²) < 4.78 is 0. The second kappa shape index (κ2) is 5.83. The summed E-state index contributed by atoms with van der Waals surface area (Å²) in [6, 6.07) is 19.1. The van der Waals surface area contributed by atoms with Crippen molar-refractivity contribution in [2.24, 2.45) is 0 Å². The molecule has 3 rings (SSSR count). The first-order valence-corrected chi connectivity index (χ1v) is 5.92. The van der Waals surface area contributed by atoms with Crippen LogP contribution in [0.15, 0.2) is 61.2 Å². The van der Waals surface area contributed by atoms with Gasteiger partial charge in [0.05, 0.1) is 0 Å². The molecule has 0 unspecified atom stereocenters. The number of hydrogen-bond acceptors (Lipinski definition) is 1. The highest BCUT2D eigenvalue weighted by Crippen LogP contribution is 2.28. The van der Waals surface area contributed by atoms with Gasteiger partial charge in [0.2, 0.25) is 0 Å². The quantitative estimate of drug-likeness (QED) is 0.515. The number of carbonyl (C=O) groups is 1. The van der Waals surface area contributed by atoms with E-state index in [2.05, 4.69) is 61.2 Å². The highest BCUT2D eigenvalue weighted by Gasteiger charge is 2.03. The lowest BCUT2D eigenvalue weighted by atomic mass is 9.97. The highest BCUT2D eigenvalue weighted by molar-refractivity contribution is 6.06. The molecule has 94 valence electrons. The summed E-state index contributed by atoms with van der Waals surface area (Å²) in [4.78, 5) is 8.36. The minimum atomic E-state index is -0.250. The van der Waals surface area contributed by atoms with Crippen molar-refractivity contribution in [2.75, 3.05) is 0 Å². The molecule has 3 aromatic rings. The third-order valence-electron chi connectivity index (χ3n) is 3.02. The number of carboxylic acid groups (broad SMARTS) is 1. The fourth-order valence-electron chi connectivity index (χ4n) is 2.27. The van der Waals surface area contributed by atoms with Gasteiger partial charge in [-0.15, -0.1) is 0 Å². The molecule has 0 aromatic heterocycles. The van der Waals surface area contributed by atoms with E-state index < -0.39 is 0 Å². The maximum absolute atomic E-state index is 8.36. The molecular weight excluding hydrogens is 236 g/mol. The van der Waals surface area contributed by atoms with Crippen molar-refractivity contribution < 1.29 is 9.90 Å². The van der Waals surface area contributed by atoms with Gasteiger partial charge in [0.15, 0.2) is 0 Å². The van der Waals surface area contributed by atoms with Crippen LogP contribution < -0.4 is 0 Å². The van der Waals surface area contributed by atoms with Crippen LogP contribution in [0.2, 0.25) is 0 Å². The smallest absolute Gasteiger partial charge is 0.290 e. The van der Waals surface area contributed by atoms with Gasteiger partial charge in [0.25, 0.3) is 6.47 Å². The summed E-state index contributed by atoms with van der Waals surface area (Å²) in [5.74, 6) is 0. The van der Waals surface area contributed by atoms with Crippen molar-refractivity contribution in [1.29, 1.82) is 0 Å². The van der Waals surface area contributed by atoms with Crippen molar-refractivity contribution in [3.8, 4) is 0 Å². The molecular formula is C17H14O2. The Bertz CT molecular complexity index is 675. The first-order chi connectivity index (χ1) is 9.31. The zero-order chi connectivity index (χ0) is 13.7. The molecule has 0 bridgehead atoms. The Kier molecular flexibility index (Phi) is 3.94. The monoisotopic (exact) mass is 250 g/mol. The van der Waals surface area contributed by atoms with Crippen LogP contribution in [0.5, 0.6) is 0 Å². The minimum Gasteiger partial charge on any atom is -0.483 e. The second-order valence-corrected chi connectivity index (χ2v) is 4.04. The normalized spacial score (nSPS) is 9.68. The lowest BCUT2D eigenvalue weighted by Gasteiger charge is -2.07. The molecule has 0 radical (unpaired) electrons. The number of hydrogen-bond donors (Lipinski definition) is 1. The summed E-state index contributed by atoms with van der Waals surface area (Å²) in [5, 5.41) is 12.0. The third kappa shape index (κ3) is 2.47. The van der Waals surface area contributed by atoms with E-state index >= 15 is 0 Å². The predicted octanol–water partition coefficient (Wildman–Crippen LogP) is 4.34. The summed E-state index contributed by atoms with van der Waals surface area (Å²) in [7, 11) is 0. The Labute approximate surface area is 111 Å². The average Bonchev–Trinajstić information content (AvgIpc) is 2.45. The zero-order valence-electron chi connectivity index (χ0n) is 10.4. The Morgan fingerprint density at radius 2 is 1.32 bits per heavy atom. The summed E-state index contributed by atoms with van der Waals surface area (Å²) in [6.45, 7) is 3.68. The molecule has 0 aliphatic heterocycles. The SMILES string of the molecule is C=Cc1c2ccccc2cc2ccccc12.O=CO. The van der Waals surface area contributed by atoms with Gasteiger partial charge in [0, 0.05) is 0 Å². The second-order valence-electron chi connectivity index (χ2n) is 4.04. The van der Waals surface area contributed by atoms with Gasteiger partial charge >= 0.3 is 0 Å². The van der Waals surface area contributed by atoms with Crippen molar-refractivity contribution >= 4 is 34.1 Å². The molecule has 0 aliphatic carbocycles. The number of benzene rings is 3. The Morgan fingerprint density at radius 3 is 1.74 bits per heavy atom. The summed E-state index contributed by atoms with van der Waals surface area (Å²) in [5.41, 5.74) is 1.23. The topological polar surface area (TPSA) is 37.3 Å². The van der Waals surface area contributed by atoms with Crippen molar-refractivity contribution in [3.05, 3.63) is 66.7 Å². The molecule has 0 amide bonds. The van der Waals surface area contributed by atoms with E-state index in [0.717, 1.165) is 0 Å². The fraction of sp³-hybridized carbons (Fsp3) is 0. The van der Waals surface area contributed by atoms with Crippen LogP contribution in [0.1, 0.15) is 5.56 Å². The van der Waals surface area contributed by atoms with Gasteiger partial charge in [-0.25, -0.2) is 0 Å². The van der Waals surface area contributed by atoms with Gasteiger partial charge in [-0.3, -0.25) is 4.79 Å². The molecule has 0 heterocycles. The van der Waals surface area contributed by atoms with E-state index in [9.17, 15) is 0 Å². The minimum absolute atomic E-state index is 0.250. The summed E-state index contributed by atoms with van der Waals surface area (Å²) >= 11 is 0. The van der Waals surface area contributed by atoms with E-state index in [4.69, 9.17) is 9.90 Å². The van der Waals surface area contributed by atoms with Crippen LogP contribution in [0.25, 0.3) is 27.6 Å². The molecule has 3 aromatic carbocycles. The van der Waals surface area contributed by atoms with Crippen molar-refractivity contribution in [2.45, 2.75) is 0 Å². The highest BCUT2D eigenvalue weighted by atomic mass is 16.3. The molecule has 0 atom stereocenters.